The Labute approximate surface area is 88.9 Å². The Kier molecular flexibility index (Phi) is 2.23. The molecule has 78 valence electrons. The molecule has 1 aromatic carbocycles. The van der Waals surface area contributed by atoms with E-state index in [1.807, 2.05) is 39.0 Å². The van der Waals surface area contributed by atoms with Crippen LogP contribution in [0.25, 0.3) is 11.3 Å². The molecule has 1 heterocycles. The lowest BCUT2D eigenvalue weighted by molar-refractivity contribution is 0.495. The van der Waals surface area contributed by atoms with Crippen LogP contribution in [0.3, 0.4) is 0 Å². The van der Waals surface area contributed by atoms with Crippen molar-refractivity contribution in [3.63, 3.8) is 0 Å². The molecule has 0 fully saturated rings. The summed E-state index contributed by atoms with van der Waals surface area (Å²) in [6, 6.07) is 5.93. The smallest absolute Gasteiger partial charge is 0.191 e. The maximum absolute atomic E-state index is 5.86. The number of benzene rings is 1. The molecule has 15 heavy (non-hydrogen) atoms. The Hall–Kier alpha value is -1.77. The number of nitrogens with two attached hydrogens (primary N) is 1. The summed E-state index contributed by atoms with van der Waals surface area (Å²) in [5.74, 6) is 1.51. The third-order valence-electron chi connectivity index (χ3n) is 2.46. The minimum absolute atomic E-state index is 0.682. The summed E-state index contributed by atoms with van der Waals surface area (Å²) in [6.07, 6.45) is 0. The number of hydrogen-bond acceptors (Lipinski definition) is 3. The first kappa shape index (κ1) is 9.77. The van der Waals surface area contributed by atoms with Gasteiger partial charge in [0, 0.05) is 18.2 Å². The topological polar surface area (TPSA) is 52.0 Å². The van der Waals surface area contributed by atoms with Crippen LogP contribution in [0.5, 0.6) is 0 Å². The van der Waals surface area contributed by atoms with Crippen LogP contribution in [0.1, 0.15) is 17.2 Å². The number of nitrogen functional groups attached to an aromatic ring is 1. The molecule has 2 rings (SSSR count). The molecule has 0 aliphatic carbocycles. The van der Waals surface area contributed by atoms with Crippen molar-refractivity contribution in [1.29, 1.82) is 0 Å². The van der Waals surface area contributed by atoms with Crippen molar-refractivity contribution in [2.45, 2.75) is 20.8 Å². The lowest BCUT2D eigenvalue weighted by atomic mass is 10.1. The fourth-order valence-electron chi connectivity index (χ4n) is 1.58. The van der Waals surface area contributed by atoms with Crippen molar-refractivity contribution in [2.24, 2.45) is 0 Å². The van der Waals surface area contributed by atoms with E-state index in [0.29, 0.717) is 5.89 Å². The molecule has 0 aliphatic heterocycles. The Morgan fingerprint density at radius 3 is 2.47 bits per heavy atom. The molecule has 0 unspecified atom stereocenters. The third-order valence-corrected chi connectivity index (χ3v) is 2.46. The van der Waals surface area contributed by atoms with E-state index in [4.69, 9.17) is 10.2 Å². The quantitative estimate of drug-likeness (QED) is 0.723. The summed E-state index contributed by atoms with van der Waals surface area (Å²) in [7, 11) is 0. The van der Waals surface area contributed by atoms with Gasteiger partial charge in [0.05, 0.1) is 0 Å². The molecule has 3 heteroatoms. The van der Waals surface area contributed by atoms with E-state index < -0.39 is 0 Å². The number of rotatable bonds is 1. The zero-order valence-corrected chi connectivity index (χ0v) is 9.16. The predicted molar refractivity (Wildman–Crippen MR) is 60.6 cm³/mol. The van der Waals surface area contributed by atoms with Crippen LogP contribution in [-0.4, -0.2) is 4.98 Å². The van der Waals surface area contributed by atoms with Gasteiger partial charge < -0.3 is 10.2 Å². The van der Waals surface area contributed by atoms with Gasteiger partial charge in [-0.1, -0.05) is 12.1 Å². The lowest BCUT2D eigenvalue weighted by Crippen LogP contribution is -1.90. The Bertz CT molecular complexity index is 500. The highest BCUT2D eigenvalue weighted by atomic mass is 16.4. The standard InChI is InChI=1S/C12H14N2O/c1-7-4-5-10(6-11(7)13)12-8(2)15-9(3)14-12/h4-6H,13H2,1-3H3. The average Bonchev–Trinajstić information content (AvgIpc) is 2.50. The fourth-order valence-corrected chi connectivity index (χ4v) is 1.58. The number of aryl methyl sites for hydroxylation is 3. The van der Waals surface area contributed by atoms with E-state index in [0.717, 1.165) is 28.3 Å². The van der Waals surface area contributed by atoms with Crippen molar-refractivity contribution in [2.75, 3.05) is 5.73 Å². The minimum atomic E-state index is 0.682. The normalized spacial score (nSPS) is 10.6. The van der Waals surface area contributed by atoms with Crippen molar-refractivity contribution in [3.8, 4) is 11.3 Å². The number of anilines is 1. The SMILES string of the molecule is Cc1nc(-c2ccc(C)c(N)c2)c(C)o1. The van der Waals surface area contributed by atoms with Crippen LogP contribution in [0.15, 0.2) is 22.6 Å². The summed E-state index contributed by atoms with van der Waals surface area (Å²) in [5, 5.41) is 0. The Morgan fingerprint density at radius 1 is 1.20 bits per heavy atom. The number of hydrogen-bond donors (Lipinski definition) is 1. The van der Waals surface area contributed by atoms with Crippen LogP contribution in [0.4, 0.5) is 5.69 Å². The molecule has 3 nitrogen and oxygen atoms in total. The van der Waals surface area contributed by atoms with Gasteiger partial charge in [0.25, 0.3) is 0 Å². The van der Waals surface area contributed by atoms with E-state index in [9.17, 15) is 0 Å². The maximum atomic E-state index is 5.86. The maximum Gasteiger partial charge on any atom is 0.191 e. The zero-order valence-electron chi connectivity index (χ0n) is 9.16. The molecule has 0 atom stereocenters. The second-order valence-electron chi connectivity index (χ2n) is 3.71. The van der Waals surface area contributed by atoms with Crippen molar-refractivity contribution in [1.82, 2.24) is 4.98 Å². The largest absolute Gasteiger partial charge is 0.446 e. The minimum Gasteiger partial charge on any atom is -0.446 e. The predicted octanol–water partition coefficient (Wildman–Crippen LogP) is 2.85. The average molecular weight is 202 g/mol. The summed E-state index contributed by atoms with van der Waals surface area (Å²) in [5.41, 5.74) is 9.60. The zero-order chi connectivity index (χ0) is 11.0. The third kappa shape index (κ3) is 1.73. The summed E-state index contributed by atoms with van der Waals surface area (Å²) >= 11 is 0. The highest BCUT2D eigenvalue weighted by Crippen LogP contribution is 2.26. The molecular formula is C12H14N2O. The van der Waals surface area contributed by atoms with Crippen molar-refractivity contribution < 1.29 is 4.42 Å². The van der Waals surface area contributed by atoms with Gasteiger partial charge in [-0.2, -0.15) is 0 Å². The number of aromatic nitrogens is 1. The van der Waals surface area contributed by atoms with Crippen LogP contribution in [0, 0.1) is 20.8 Å². The van der Waals surface area contributed by atoms with E-state index in [-0.39, 0.29) is 0 Å². The van der Waals surface area contributed by atoms with Gasteiger partial charge in [0.2, 0.25) is 0 Å². The molecule has 0 amide bonds. The van der Waals surface area contributed by atoms with E-state index in [1.165, 1.54) is 0 Å². The van der Waals surface area contributed by atoms with Gasteiger partial charge in [-0.05, 0) is 25.5 Å². The van der Waals surface area contributed by atoms with Gasteiger partial charge >= 0.3 is 0 Å². The van der Waals surface area contributed by atoms with Gasteiger partial charge in [0.1, 0.15) is 11.5 Å². The number of nitrogens with zero attached hydrogens (tertiary/aromatic N) is 1. The Morgan fingerprint density at radius 2 is 1.93 bits per heavy atom. The summed E-state index contributed by atoms with van der Waals surface area (Å²) in [6.45, 7) is 5.74. The van der Waals surface area contributed by atoms with Crippen LogP contribution in [0.2, 0.25) is 0 Å². The van der Waals surface area contributed by atoms with Gasteiger partial charge in [0.15, 0.2) is 5.89 Å². The molecule has 0 spiro atoms. The highest BCUT2D eigenvalue weighted by molar-refractivity contribution is 5.67. The molecular weight excluding hydrogens is 188 g/mol. The molecule has 1 aromatic heterocycles. The monoisotopic (exact) mass is 202 g/mol. The first-order valence-electron chi connectivity index (χ1n) is 4.88. The van der Waals surface area contributed by atoms with Crippen molar-refractivity contribution >= 4 is 5.69 Å². The van der Waals surface area contributed by atoms with Crippen molar-refractivity contribution in [3.05, 3.63) is 35.4 Å². The fraction of sp³-hybridized carbons (Fsp3) is 0.250. The highest BCUT2D eigenvalue weighted by Gasteiger charge is 2.09. The van der Waals surface area contributed by atoms with E-state index >= 15 is 0 Å². The molecule has 0 radical (unpaired) electrons. The molecule has 0 bridgehead atoms. The summed E-state index contributed by atoms with van der Waals surface area (Å²) < 4.78 is 5.39. The second kappa shape index (κ2) is 3.42. The Balaban J connectivity index is 2.54. The molecule has 0 saturated carbocycles. The van der Waals surface area contributed by atoms with Crippen LogP contribution >= 0.6 is 0 Å². The van der Waals surface area contributed by atoms with Crippen LogP contribution in [-0.2, 0) is 0 Å². The molecule has 0 aliphatic rings. The molecule has 0 saturated heterocycles. The molecule has 2 N–H and O–H groups in total. The van der Waals surface area contributed by atoms with Gasteiger partial charge in [-0.25, -0.2) is 4.98 Å². The first-order chi connectivity index (χ1) is 7.08. The second-order valence-corrected chi connectivity index (χ2v) is 3.71. The van der Waals surface area contributed by atoms with E-state index in [2.05, 4.69) is 4.98 Å². The molecule has 2 aromatic rings. The number of oxazole rings is 1. The van der Waals surface area contributed by atoms with Gasteiger partial charge in [-0.3, -0.25) is 0 Å². The summed E-state index contributed by atoms with van der Waals surface area (Å²) in [4.78, 5) is 4.33. The first-order valence-corrected chi connectivity index (χ1v) is 4.88. The van der Waals surface area contributed by atoms with Crippen LogP contribution < -0.4 is 5.73 Å². The van der Waals surface area contributed by atoms with Gasteiger partial charge in [-0.15, -0.1) is 0 Å². The lowest BCUT2D eigenvalue weighted by Gasteiger charge is -2.02. The van der Waals surface area contributed by atoms with E-state index in [1.54, 1.807) is 0 Å².